The zero-order valence-electron chi connectivity index (χ0n) is 7.93. The molecule has 0 amide bonds. The third kappa shape index (κ3) is 3.93. The van der Waals surface area contributed by atoms with Gasteiger partial charge in [0.1, 0.15) is 6.73 Å². The average Bonchev–Trinajstić information content (AvgIpc) is 2.34. The van der Waals surface area contributed by atoms with E-state index in [1.165, 1.54) is 17.9 Å². The van der Waals surface area contributed by atoms with Crippen molar-refractivity contribution in [2.45, 2.75) is 6.73 Å². The van der Waals surface area contributed by atoms with E-state index < -0.39 is 7.37 Å². The van der Waals surface area contributed by atoms with Gasteiger partial charge >= 0.3 is 51.4 Å². The molecule has 1 aromatic heterocycles. The van der Waals surface area contributed by atoms with Gasteiger partial charge in [-0.05, 0) is 6.66 Å². The number of hydrogen-bond donors (Lipinski definition) is 0. The molecule has 0 fully saturated rings. The monoisotopic (exact) mass is 228 g/mol. The van der Waals surface area contributed by atoms with Gasteiger partial charge in [-0.15, -0.1) is 0 Å². The van der Waals surface area contributed by atoms with E-state index >= 15 is 0 Å². The van der Waals surface area contributed by atoms with Crippen molar-refractivity contribution in [2.75, 3.05) is 13.8 Å². The van der Waals surface area contributed by atoms with Gasteiger partial charge in [-0.3, -0.25) is 0 Å². The second-order valence-corrected chi connectivity index (χ2v) is 4.55. The van der Waals surface area contributed by atoms with Gasteiger partial charge < -0.3 is 18.8 Å². The molecule has 1 aromatic rings. The molecule has 13 heavy (non-hydrogen) atoms. The van der Waals surface area contributed by atoms with Crippen molar-refractivity contribution in [3.63, 3.8) is 0 Å². The number of ether oxygens (including phenoxy) is 1. The standard InChI is InChI=1S/C6H11N2O3P.K/c1-11-5-8-4-3-7-6(8)12(2,9)10;/h3-4H,5H2,1-2H3,(H,9,10);/q;+1/p-1. The summed E-state index contributed by atoms with van der Waals surface area (Å²) in [5.74, 6) is 0. The molecule has 0 aromatic carbocycles. The summed E-state index contributed by atoms with van der Waals surface area (Å²) >= 11 is 0. The Kier molecular flexibility index (Phi) is 6.22. The Bertz CT molecular complexity index is 309. The summed E-state index contributed by atoms with van der Waals surface area (Å²) in [5.41, 5.74) is 0.0596. The minimum atomic E-state index is -3.52. The largest absolute Gasteiger partial charge is 1.00 e. The van der Waals surface area contributed by atoms with Gasteiger partial charge in [0.25, 0.3) is 0 Å². The number of rotatable bonds is 3. The summed E-state index contributed by atoms with van der Waals surface area (Å²) in [5, 5.41) is 0. The summed E-state index contributed by atoms with van der Waals surface area (Å²) in [4.78, 5) is 14.8. The van der Waals surface area contributed by atoms with E-state index in [-0.39, 0.29) is 63.7 Å². The molecule has 0 aliphatic rings. The molecular weight excluding hydrogens is 218 g/mol. The van der Waals surface area contributed by atoms with Gasteiger partial charge in [0.2, 0.25) is 0 Å². The molecular formula is C6H10KN2O3P. The van der Waals surface area contributed by atoms with Crippen LogP contribution in [0.2, 0.25) is 0 Å². The van der Waals surface area contributed by atoms with Crippen LogP contribution in [0.25, 0.3) is 0 Å². The van der Waals surface area contributed by atoms with E-state index in [1.54, 1.807) is 6.20 Å². The third-order valence-electron chi connectivity index (χ3n) is 1.32. The Morgan fingerprint density at radius 1 is 1.77 bits per heavy atom. The summed E-state index contributed by atoms with van der Waals surface area (Å²) < 4.78 is 17.3. The van der Waals surface area contributed by atoms with E-state index in [1.807, 2.05) is 0 Å². The van der Waals surface area contributed by atoms with Crippen molar-refractivity contribution in [2.24, 2.45) is 0 Å². The fourth-order valence-corrected chi connectivity index (χ4v) is 1.77. The Balaban J connectivity index is 0.00000144. The van der Waals surface area contributed by atoms with E-state index in [9.17, 15) is 9.46 Å². The van der Waals surface area contributed by atoms with E-state index in [4.69, 9.17) is 4.74 Å². The molecule has 0 aliphatic carbocycles. The van der Waals surface area contributed by atoms with Gasteiger partial charge in [-0.1, -0.05) is 0 Å². The van der Waals surface area contributed by atoms with Crippen LogP contribution in [0, 0.1) is 0 Å². The molecule has 0 aliphatic heterocycles. The van der Waals surface area contributed by atoms with Crippen molar-refractivity contribution in [1.82, 2.24) is 9.55 Å². The predicted molar refractivity (Wildman–Crippen MR) is 42.4 cm³/mol. The van der Waals surface area contributed by atoms with E-state index in [0.29, 0.717) is 0 Å². The van der Waals surface area contributed by atoms with Gasteiger partial charge in [0, 0.05) is 19.5 Å². The smallest absolute Gasteiger partial charge is 0.794 e. The van der Waals surface area contributed by atoms with Gasteiger partial charge in [-0.25, -0.2) is 4.98 Å². The average molecular weight is 228 g/mol. The molecule has 1 heterocycles. The first kappa shape index (κ1) is 14.0. The Hall–Kier alpha value is 0.996. The second kappa shape index (κ2) is 5.77. The van der Waals surface area contributed by atoms with E-state index in [2.05, 4.69) is 4.98 Å². The van der Waals surface area contributed by atoms with Crippen LogP contribution in [0.15, 0.2) is 12.4 Å². The molecule has 0 saturated carbocycles. The quantitative estimate of drug-likeness (QED) is 0.396. The Morgan fingerprint density at radius 2 is 2.38 bits per heavy atom. The van der Waals surface area contributed by atoms with E-state index in [0.717, 1.165) is 6.66 Å². The summed E-state index contributed by atoms with van der Waals surface area (Å²) in [6.07, 6.45) is 3.00. The summed E-state index contributed by atoms with van der Waals surface area (Å²) in [6, 6.07) is 0. The fourth-order valence-electron chi connectivity index (χ4n) is 0.899. The van der Waals surface area contributed by atoms with Crippen LogP contribution in [0.1, 0.15) is 0 Å². The van der Waals surface area contributed by atoms with Crippen molar-refractivity contribution < 1.29 is 65.6 Å². The third-order valence-corrected chi connectivity index (χ3v) is 2.42. The van der Waals surface area contributed by atoms with Crippen molar-refractivity contribution >= 4 is 12.9 Å². The second-order valence-electron chi connectivity index (χ2n) is 2.46. The molecule has 1 unspecified atom stereocenters. The van der Waals surface area contributed by atoms with Crippen LogP contribution in [-0.2, 0) is 16.0 Å². The number of nitrogens with zero attached hydrogens (tertiary/aromatic N) is 2. The molecule has 68 valence electrons. The zero-order valence-corrected chi connectivity index (χ0v) is 11.9. The minimum absolute atomic E-state index is 0. The van der Waals surface area contributed by atoms with Crippen LogP contribution in [0.4, 0.5) is 0 Å². The normalized spacial score (nSPS) is 14.7. The summed E-state index contributed by atoms with van der Waals surface area (Å²) in [6.45, 7) is 1.34. The SMILES string of the molecule is COCn1ccnc1P(C)(=O)[O-].[K+]. The number of hydrogen-bond acceptors (Lipinski definition) is 4. The fraction of sp³-hybridized carbons (Fsp3) is 0.500. The molecule has 0 N–H and O–H groups in total. The first-order chi connectivity index (χ1) is 5.55. The van der Waals surface area contributed by atoms with Crippen molar-refractivity contribution in [3.8, 4) is 0 Å². The van der Waals surface area contributed by atoms with Crippen molar-refractivity contribution in [3.05, 3.63) is 12.4 Å². The molecule has 5 nitrogen and oxygen atoms in total. The number of imidazole rings is 1. The van der Waals surface area contributed by atoms with Crippen LogP contribution >= 0.6 is 7.37 Å². The molecule has 0 saturated heterocycles. The number of methoxy groups -OCH3 is 1. The maximum Gasteiger partial charge on any atom is 1.00 e. The van der Waals surface area contributed by atoms with Crippen molar-refractivity contribution in [1.29, 1.82) is 0 Å². The molecule has 1 rings (SSSR count). The maximum atomic E-state index is 11.1. The minimum Gasteiger partial charge on any atom is -0.794 e. The molecule has 0 radical (unpaired) electrons. The van der Waals surface area contributed by atoms with Crippen LogP contribution in [0.5, 0.6) is 0 Å². The molecule has 1 atom stereocenters. The van der Waals surface area contributed by atoms with Gasteiger partial charge in [0.15, 0.2) is 5.57 Å². The summed E-state index contributed by atoms with van der Waals surface area (Å²) in [7, 11) is -2.02. The van der Waals surface area contributed by atoms with Crippen LogP contribution in [-0.4, -0.2) is 23.3 Å². The number of aromatic nitrogens is 2. The Morgan fingerprint density at radius 3 is 2.85 bits per heavy atom. The van der Waals surface area contributed by atoms with Crippen LogP contribution < -0.4 is 61.8 Å². The maximum absolute atomic E-state index is 11.1. The molecule has 7 heteroatoms. The first-order valence-electron chi connectivity index (χ1n) is 3.35. The Labute approximate surface area is 119 Å². The van der Waals surface area contributed by atoms with Crippen LogP contribution in [0.3, 0.4) is 0 Å². The molecule has 0 bridgehead atoms. The first-order valence-corrected chi connectivity index (χ1v) is 5.42. The van der Waals surface area contributed by atoms with Gasteiger partial charge in [-0.2, -0.15) is 0 Å². The predicted octanol–water partition coefficient (Wildman–Crippen LogP) is -3.62. The molecule has 0 spiro atoms. The zero-order chi connectivity index (χ0) is 9.19. The topological polar surface area (TPSA) is 67.2 Å². The van der Waals surface area contributed by atoms with Gasteiger partial charge in [0.05, 0.1) is 7.37 Å².